The summed E-state index contributed by atoms with van der Waals surface area (Å²) in [5.74, 6) is -0.345. The molecule has 2 aliphatic carbocycles. The van der Waals surface area contributed by atoms with E-state index in [1.165, 1.54) is 19.5 Å². The van der Waals surface area contributed by atoms with Gasteiger partial charge in [0.15, 0.2) is 0 Å². The van der Waals surface area contributed by atoms with E-state index in [1.54, 1.807) is 67.2 Å². The van der Waals surface area contributed by atoms with Gasteiger partial charge in [-0.05, 0) is 80.8 Å². The van der Waals surface area contributed by atoms with Gasteiger partial charge in [-0.2, -0.15) is 5.10 Å². The molecule has 234 valence electrons. The van der Waals surface area contributed by atoms with Crippen molar-refractivity contribution in [2.75, 3.05) is 13.7 Å². The molecule has 12 heteroatoms. The summed E-state index contributed by atoms with van der Waals surface area (Å²) in [6.45, 7) is 3.46. The summed E-state index contributed by atoms with van der Waals surface area (Å²) in [5, 5.41) is 17.3. The Hall–Kier alpha value is -4.97. The molecule has 45 heavy (non-hydrogen) atoms. The van der Waals surface area contributed by atoms with Gasteiger partial charge in [0.1, 0.15) is 18.1 Å². The molecule has 0 atom stereocenters. The number of ether oxygens (including phenoxy) is 3. The molecule has 3 aromatic heterocycles. The number of nitrogens with zero attached hydrogens (tertiary/aromatic N) is 3. The SMILES string of the molecule is COC(=O)c1cncc(-c2ccc(C(N)=O)c(OC3CC4(CC(NC(=O)c5cnn6cc(OCC(C)(C)O)ccc56)C4)C3)c2)c1. The molecule has 4 N–H and O–H groups in total. The van der Waals surface area contributed by atoms with Crippen LogP contribution < -0.4 is 20.5 Å². The third-order valence-corrected chi connectivity index (χ3v) is 8.37. The topological polar surface area (TPSA) is 167 Å². The largest absolute Gasteiger partial charge is 0.490 e. The van der Waals surface area contributed by atoms with E-state index in [2.05, 4.69) is 15.4 Å². The van der Waals surface area contributed by atoms with Gasteiger partial charge in [0.05, 0.1) is 53.4 Å². The molecular formula is C33H35N5O7. The summed E-state index contributed by atoms with van der Waals surface area (Å²) in [6.07, 6.45) is 9.44. The van der Waals surface area contributed by atoms with Crippen LogP contribution in [0.25, 0.3) is 16.6 Å². The molecule has 0 unspecified atom stereocenters. The zero-order valence-electron chi connectivity index (χ0n) is 25.3. The molecule has 0 radical (unpaired) electrons. The Labute approximate surface area is 259 Å². The summed E-state index contributed by atoms with van der Waals surface area (Å²) in [4.78, 5) is 41.3. The maximum atomic E-state index is 13.1. The maximum Gasteiger partial charge on any atom is 0.339 e. The van der Waals surface area contributed by atoms with Gasteiger partial charge < -0.3 is 30.4 Å². The van der Waals surface area contributed by atoms with Crippen molar-refractivity contribution in [3.05, 3.63) is 77.9 Å². The Morgan fingerprint density at radius 2 is 1.82 bits per heavy atom. The van der Waals surface area contributed by atoms with E-state index in [0.717, 1.165) is 31.2 Å². The van der Waals surface area contributed by atoms with Gasteiger partial charge in [-0.15, -0.1) is 0 Å². The molecule has 0 saturated heterocycles. The van der Waals surface area contributed by atoms with Crippen LogP contribution in [0.2, 0.25) is 0 Å². The molecule has 1 spiro atoms. The van der Waals surface area contributed by atoms with Crippen molar-refractivity contribution in [1.82, 2.24) is 19.9 Å². The molecule has 4 aromatic rings. The Bertz CT molecular complexity index is 1780. The number of fused-ring (bicyclic) bond motifs is 1. The number of carbonyl (C=O) groups excluding carboxylic acids is 3. The first-order chi connectivity index (χ1) is 21.4. The molecular weight excluding hydrogens is 578 g/mol. The van der Waals surface area contributed by atoms with Crippen LogP contribution in [0.1, 0.15) is 70.6 Å². The second-order valence-electron chi connectivity index (χ2n) is 12.6. The molecule has 0 bridgehead atoms. The molecule has 2 aliphatic rings. The Morgan fingerprint density at radius 1 is 1.04 bits per heavy atom. The lowest BCUT2D eigenvalue weighted by Gasteiger charge is -2.57. The van der Waals surface area contributed by atoms with Crippen molar-refractivity contribution in [2.24, 2.45) is 11.1 Å². The molecule has 1 aromatic carbocycles. The van der Waals surface area contributed by atoms with E-state index >= 15 is 0 Å². The number of hydrogen-bond donors (Lipinski definition) is 3. The van der Waals surface area contributed by atoms with E-state index in [1.807, 2.05) is 0 Å². The van der Waals surface area contributed by atoms with Crippen molar-refractivity contribution in [3.63, 3.8) is 0 Å². The number of nitrogens with one attached hydrogen (secondary N) is 1. The first-order valence-electron chi connectivity index (χ1n) is 14.7. The van der Waals surface area contributed by atoms with Crippen LogP contribution >= 0.6 is 0 Å². The number of aliphatic hydroxyl groups is 1. The van der Waals surface area contributed by atoms with Crippen LogP contribution in [-0.4, -0.2) is 69.0 Å². The number of pyridine rings is 2. The molecule has 12 nitrogen and oxygen atoms in total. The molecule has 2 saturated carbocycles. The van der Waals surface area contributed by atoms with E-state index in [9.17, 15) is 19.5 Å². The predicted molar refractivity (Wildman–Crippen MR) is 163 cm³/mol. The monoisotopic (exact) mass is 613 g/mol. The number of benzene rings is 1. The maximum absolute atomic E-state index is 13.1. The van der Waals surface area contributed by atoms with Gasteiger partial charge in [-0.3, -0.25) is 14.6 Å². The quantitative estimate of drug-likeness (QED) is 0.227. The van der Waals surface area contributed by atoms with Gasteiger partial charge in [0.25, 0.3) is 11.8 Å². The normalized spacial score (nSPS) is 20.6. The first kappa shape index (κ1) is 30.1. The van der Waals surface area contributed by atoms with Gasteiger partial charge in [0, 0.05) is 24.0 Å². The third kappa shape index (κ3) is 6.32. The van der Waals surface area contributed by atoms with Crippen LogP contribution in [0.3, 0.4) is 0 Å². The molecule has 2 fully saturated rings. The molecule has 3 heterocycles. The van der Waals surface area contributed by atoms with Crippen molar-refractivity contribution in [1.29, 1.82) is 0 Å². The Kier molecular flexibility index (Phi) is 7.69. The van der Waals surface area contributed by atoms with E-state index in [0.29, 0.717) is 33.7 Å². The van der Waals surface area contributed by atoms with Crippen LogP contribution in [0.15, 0.2) is 61.2 Å². The van der Waals surface area contributed by atoms with Crippen molar-refractivity contribution >= 4 is 23.3 Å². The number of esters is 1. The highest BCUT2D eigenvalue weighted by Gasteiger charge is 2.54. The van der Waals surface area contributed by atoms with Crippen LogP contribution in [0.5, 0.6) is 11.5 Å². The average molecular weight is 614 g/mol. The number of rotatable bonds is 10. The molecule has 2 amide bonds. The lowest BCUT2D eigenvalue weighted by atomic mass is 9.53. The minimum atomic E-state index is -0.965. The number of aromatic nitrogens is 3. The van der Waals surface area contributed by atoms with Crippen molar-refractivity contribution in [2.45, 2.75) is 57.3 Å². The zero-order valence-corrected chi connectivity index (χ0v) is 25.3. The fraction of sp³-hybridized carbons (Fsp3) is 0.364. The van der Waals surface area contributed by atoms with E-state index < -0.39 is 17.5 Å². The lowest BCUT2D eigenvalue weighted by Crippen LogP contribution is -2.58. The summed E-state index contributed by atoms with van der Waals surface area (Å²) >= 11 is 0. The molecule has 6 rings (SSSR count). The first-order valence-corrected chi connectivity index (χ1v) is 14.7. The van der Waals surface area contributed by atoms with Crippen LogP contribution in [-0.2, 0) is 4.74 Å². The second-order valence-corrected chi connectivity index (χ2v) is 12.6. The fourth-order valence-electron chi connectivity index (χ4n) is 6.17. The van der Waals surface area contributed by atoms with E-state index in [-0.39, 0.29) is 35.6 Å². The minimum Gasteiger partial charge on any atom is -0.490 e. The predicted octanol–water partition coefficient (Wildman–Crippen LogP) is 3.55. The van der Waals surface area contributed by atoms with Crippen molar-refractivity contribution in [3.8, 4) is 22.6 Å². The van der Waals surface area contributed by atoms with Gasteiger partial charge in [0.2, 0.25) is 0 Å². The standard InChI is InChI=1S/C33H35N5O7/c1-32(2,42)18-44-23-5-7-27-26(16-36-38(27)17-23)30(40)37-22-10-33(11-22)12-24(13-33)45-28-9-19(4-6-25(28)29(34)39)20-8-21(15-35-14-20)31(41)43-3/h4-9,14-17,22,24,42H,10-13,18H2,1-3H3,(H2,34,39)(H,37,40). The number of nitrogens with two attached hydrogens (primary N) is 1. The highest BCUT2D eigenvalue weighted by atomic mass is 16.5. The zero-order chi connectivity index (χ0) is 31.9. The number of hydrogen-bond acceptors (Lipinski definition) is 9. The summed E-state index contributed by atoms with van der Waals surface area (Å²) in [5.41, 5.74) is 7.88. The summed E-state index contributed by atoms with van der Waals surface area (Å²) in [7, 11) is 1.31. The van der Waals surface area contributed by atoms with Crippen molar-refractivity contribution < 1.29 is 33.7 Å². The molecule has 0 aliphatic heterocycles. The van der Waals surface area contributed by atoms with E-state index in [4.69, 9.17) is 19.9 Å². The fourth-order valence-corrected chi connectivity index (χ4v) is 6.17. The number of carbonyl (C=O) groups is 3. The van der Waals surface area contributed by atoms with Crippen LogP contribution in [0.4, 0.5) is 0 Å². The van der Waals surface area contributed by atoms with Gasteiger partial charge >= 0.3 is 5.97 Å². The minimum absolute atomic E-state index is 0.0434. The smallest absolute Gasteiger partial charge is 0.339 e. The summed E-state index contributed by atoms with van der Waals surface area (Å²) in [6, 6.07) is 10.3. The van der Waals surface area contributed by atoms with Crippen LogP contribution in [0, 0.1) is 5.41 Å². The number of methoxy groups -OCH3 is 1. The average Bonchev–Trinajstić information content (AvgIpc) is 3.40. The highest BCUT2D eigenvalue weighted by Crippen LogP contribution is 2.57. The number of amides is 2. The number of primary amides is 1. The van der Waals surface area contributed by atoms with Gasteiger partial charge in [-0.1, -0.05) is 6.07 Å². The van der Waals surface area contributed by atoms with Gasteiger partial charge in [-0.25, -0.2) is 9.31 Å². The Morgan fingerprint density at radius 3 is 2.53 bits per heavy atom. The lowest BCUT2D eigenvalue weighted by molar-refractivity contribution is -0.0834. The highest BCUT2D eigenvalue weighted by molar-refractivity contribution is 6.01. The second kappa shape index (κ2) is 11.5. The summed E-state index contributed by atoms with van der Waals surface area (Å²) < 4.78 is 18.3. The Balaban J connectivity index is 1.05. The third-order valence-electron chi connectivity index (χ3n) is 8.37.